The minimum atomic E-state index is -0.0520. The Morgan fingerprint density at radius 3 is 2.60 bits per heavy atom. The Bertz CT molecular complexity index is 872. The second kappa shape index (κ2) is 7.77. The number of carbonyl (C=O) groups is 1. The summed E-state index contributed by atoms with van der Waals surface area (Å²) in [5.41, 5.74) is 3.85. The maximum Gasteiger partial charge on any atom is 0.251 e. The molecule has 0 aliphatic heterocycles. The van der Waals surface area contributed by atoms with Crippen LogP contribution in [0, 0.1) is 17.4 Å². The fraction of sp³-hybridized carbons (Fsp3) is 0.211. The lowest BCUT2D eigenvalue weighted by Gasteiger charge is -2.07. The zero-order valence-corrected chi connectivity index (χ0v) is 16.3. The van der Waals surface area contributed by atoms with E-state index in [4.69, 9.17) is 0 Å². The van der Waals surface area contributed by atoms with Gasteiger partial charge in [-0.2, -0.15) is 5.10 Å². The van der Waals surface area contributed by atoms with E-state index in [1.807, 2.05) is 61.0 Å². The SMILES string of the molecule is Cc1nn(-c2ccccn2)c(C)c1CCNC(=O)c1ccc(I)cc1. The summed E-state index contributed by atoms with van der Waals surface area (Å²) in [4.78, 5) is 16.5. The van der Waals surface area contributed by atoms with Gasteiger partial charge < -0.3 is 5.32 Å². The van der Waals surface area contributed by atoms with Crippen LogP contribution in [0.1, 0.15) is 27.3 Å². The van der Waals surface area contributed by atoms with Crippen LogP contribution in [0.5, 0.6) is 0 Å². The van der Waals surface area contributed by atoms with E-state index in [1.54, 1.807) is 6.20 Å². The minimum absolute atomic E-state index is 0.0520. The highest BCUT2D eigenvalue weighted by atomic mass is 127. The summed E-state index contributed by atoms with van der Waals surface area (Å²) in [5, 5.41) is 7.56. The Kier molecular flexibility index (Phi) is 5.47. The molecule has 0 radical (unpaired) electrons. The summed E-state index contributed by atoms with van der Waals surface area (Å²) in [6.07, 6.45) is 2.49. The molecule has 0 unspecified atom stereocenters. The Morgan fingerprint density at radius 1 is 1.16 bits per heavy atom. The van der Waals surface area contributed by atoms with Crippen molar-refractivity contribution in [2.45, 2.75) is 20.3 Å². The zero-order valence-electron chi connectivity index (χ0n) is 14.2. The predicted octanol–water partition coefficient (Wildman–Crippen LogP) is 3.46. The van der Waals surface area contributed by atoms with Crippen molar-refractivity contribution in [3.05, 3.63) is 74.7 Å². The maximum absolute atomic E-state index is 12.2. The second-order valence-corrected chi connectivity index (χ2v) is 7.01. The van der Waals surface area contributed by atoms with Crippen molar-refractivity contribution < 1.29 is 4.79 Å². The van der Waals surface area contributed by atoms with Crippen LogP contribution in [0.4, 0.5) is 0 Å². The molecule has 2 heterocycles. The standard InChI is InChI=1S/C19H19IN4O/c1-13-17(14(2)24(23-13)18-5-3-4-11-21-18)10-12-22-19(25)15-6-8-16(20)9-7-15/h3-9,11H,10,12H2,1-2H3,(H,22,25). The van der Waals surface area contributed by atoms with Gasteiger partial charge in [-0.05, 0) is 84.8 Å². The number of halogens is 1. The molecule has 1 amide bonds. The van der Waals surface area contributed by atoms with E-state index in [-0.39, 0.29) is 5.91 Å². The molecule has 1 N–H and O–H groups in total. The number of nitrogens with zero attached hydrogens (tertiary/aromatic N) is 3. The number of carbonyl (C=O) groups excluding carboxylic acids is 1. The van der Waals surface area contributed by atoms with Crippen molar-refractivity contribution in [3.63, 3.8) is 0 Å². The third-order valence-electron chi connectivity index (χ3n) is 4.07. The molecule has 128 valence electrons. The number of benzene rings is 1. The highest BCUT2D eigenvalue weighted by Crippen LogP contribution is 2.17. The van der Waals surface area contributed by atoms with Gasteiger partial charge in [-0.15, -0.1) is 0 Å². The average Bonchev–Trinajstić information content (AvgIpc) is 2.91. The summed E-state index contributed by atoms with van der Waals surface area (Å²) >= 11 is 2.22. The molecule has 0 atom stereocenters. The molecule has 0 aliphatic rings. The van der Waals surface area contributed by atoms with Gasteiger partial charge in [0.05, 0.1) is 5.69 Å². The van der Waals surface area contributed by atoms with E-state index in [1.165, 1.54) is 0 Å². The molecule has 2 aromatic heterocycles. The molecule has 3 aromatic rings. The highest BCUT2D eigenvalue weighted by molar-refractivity contribution is 14.1. The Balaban J connectivity index is 1.67. The number of aryl methyl sites for hydroxylation is 1. The Hall–Kier alpha value is -2.22. The van der Waals surface area contributed by atoms with Crippen molar-refractivity contribution in [3.8, 4) is 5.82 Å². The third kappa shape index (κ3) is 4.07. The lowest BCUT2D eigenvalue weighted by Crippen LogP contribution is -2.25. The molecule has 0 aliphatic carbocycles. The summed E-state index contributed by atoms with van der Waals surface area (Å²) in [6.45, 7) is 4.59. The van der Waals surface area contributed by atoms with Gasteiger partial charge in [0.1, 0.15) is 0 Å². The Labute approximate surface area is 160 Å². The minimum Gasteiger partial charge on any atom is -0.352 e. The van der Waals surface area contributed by atoms with Crippen LogP contribution < -0.4 is 5.32 Å². The van der Waals surface area contributed by atoms with Crippen LogP contribution in [-0.4, -0.2) is 27.2 Å². The molecule has 0 saturated carbocycles. The van der Waals surface area contributed by atoms with Gasteiger partial charge >= 0.3 is 0 Å². The molecule has 0 spiro atoms. The van der Waals surface area contributed by atoms with Crippen LogP contribution in [0.15, 0.2) is 48.7 Å². The molecule has 0 bridgehead atoms. The third-order valence-corrected chi connectivity index (χ3v) is 4.79. The quantitative estimate of drug-likeness (QED) is 0.611. The Morgan fingerprint density at radius 2 is 1.92 bits per heavy atom. The van der Waals surface area contributed by atoms with Crippen LogP contribution in [0.2, 0.25) is 0 Å². The van der Waals surface area contributed by atoms with E-state index in [2.05, 4.69) is 38.0 Å². The fourth-order valence-electron chi connectivity index (χ4n) is 2.74. The molecular weight excluding hydrogens is 427 g/mol. The molecule has 1 aromatic carbocycles. The number of aromatic nitrogens is 3. The number of pyridine rings is 1. The molecular formula is C19H19IN4O. The molecule has 5 nitrogen and oxygen atoms in total. The van der Waals surface area contributed by atoms with Crippen molar-refractivity contribution in [1.82, 2.24) is 20.1 Å². The normalized spacial score (nSPS) is 10.7. The van der Waals surface area contributed by atoms with Gasteiger partial charge in [-0.3, -0.25) is 4.79 Å². The second-order valence-electron chi connectivity index (χ2n) is 5.76. The van der Waals surface area contributed by atoms with Gasteiger partial charge in [0.2, 0.25) is 0 Å². The topological polar surface area (TPSA) is 59.8 Å². The molecule has 6 heteroatoms. The number of rotatable bonds is 5. The summed E-state index contributed by atoms with van der Waals surface area (Å²) in [5.74, 6) is 0.751. The van der Waals surface area contributed by atoms with Gasteiger partial charge in [0.25, 0.3) is 5.91 Å². The first-order valence-electron chi connectivity index (χ1n) is 8.06. The average molecular weight is 446 g/mol. The highest BCUT2D eigenvalue weighted by Gasteiger charge is 2.13. The van der Waals surface area contributed by atoms with Crippen LogP contribution >= 0.6 is 22.6 Å². The van der Waals surface area contributed by atoms with Crippen LogP contribution in [0.3, 0.4) is 0 Å². The zero-order chi connectivity index (χ0) is 17.8. The first-order chi connectivity index (χ1) is 12.1. The van der Waals surface area contributed by atoms with Gasteiger partial charge in [0, 0.05) is 27.6 Å². The number of hydrogen-bond acceptors (Lipinski definition) is 3. The van der Waals surface area contributed by atoms with E-state index >= 15 is 0 Å². The number of nitrogens with one attached hydrogen (secondary N) is 1. The van der Waals surface area contributed by atoms with Crippen LogP contribution in [0.25, 0.3) is 5.82 Å². The van der Waals surface area contributed by atoms with E-state index in [0.717, 1.165) is 32.8 Å². The van der Waals surface area contributed by atoms with E-state index in [0.29, 0.717) is 12.1 Å². The van der Waals surface area contributed by atoms with E-state index in [9.17, 15) is 4.79 Å². The van der Waals surface area contributed by atoms with Crippen molar-refractivity contribution >= 4 is 28.5 Å². The van der Waals surface area contributed by atoms with Gasteiger partial charge in [-0.1, -0.05) is 6.07 Å². The van der Waals surface area contributed by atoms with Crippen molar-refractivity contribution in [1.29, 1.82) is 0 Å². The van der Waals surface area contributed by atoms with Gasteiger partial charge in [-0.25, -0.2) is 9.67 Å². The predicted molar refractivity (Wildman–Crippen MR) is 106 cm³/mol. The summed E-state index contributed by atoms with van der Waals surface area (Å²) < 4.78 is 2.97. The smallest absolute Gasteiger partial charge is 0.251 e. The molecule has 3 rings (SSSR count). The van der Waals surface area contributed by atoms with E-state index < -0.39 is 0 Å². The molecule has 25 heavy (non-hydrogen) atoms. The first-order valence-corrected chi connectivity index (χ1v) is 9.14. The van der Waals surface area contributed by atoms with Crippen LogP contribution in [-0.2, 0) is 6.42 Å². The fourth-order valence-corrected chi connectivity index (χ4v) is 3.10. The first kappa shape index (κ1) is 17.6. The number of amides is 1. The summed E-state index contributed by atoms with van der Waals surface area (Å²) in [7, 11) is 0. The monoisotopic (exact) mass is 446 g/mol. The maximum atomic E-state index is 12.2. The van der Waals surface area contributed by atoms with Crippen molar-refractivity contribution in [2.75, 3.05) is 6.54 Å². The number of hydrogen-bond donors (Lipinski definition) is 1. The largest absolute Gasteiger partial charge is 0.352 e. The summed E-state index contributed by atoms with van der Waals surface area (Å²) in [6, 6.07) is 13.3. The lowest BCUT2D eigenvalue weighted by molar-refractivity contribution is 0.0954. The molecule has 0 saturated heterocycles. The van der Waals surface area contributed by atoms with Gasteiger partial charge in [0.15, 0.2) is 5.82 Å². The molecule has 0 fully saturated rings. The van der Waals surface area contributed by atoms with Crippen molar-refractivity contribution in [2.24, 2.45) is 0 Å². The lowest BCUT2D eigenvalue weighted by atomic mass is 10.1.